The van der Waals surface area contributed by atoms with Gasteiger partial charge in [0.15, 0.2) is 0 Å². The lowest BCUT2D eigenvalue weighted by atomic mass is 10.2. The Kier molecular flexibility index (Phi) is 2.91. The van der Waals surface area contributed by atoms with E-state index in [1.807, 2.05) is 4.90 Å². The molecule has 3 fully saturated rings. The fourth-order valence-electron chi connectivity index (χ4n) is 3.30. The highest BCUT2D eigenvalue weighted by Crippen LogP contribution is 2.47. The first kappa shape index (κ1) is 12.8. The van der Waals surface area contributed by atoms with Crippen LogP contribution in [0.2, 0.25) is 0 Å². The molecule has 2 saturated heterocycles. The number of hydrogen-bond acceptors (Lipinski definition) is 4. The van der Waals surface area contributed by atoms with Crippen molar-refractivity contribution in [2.45, 2.75) is 50.4 Å². The normalized spacial score (nSPS) is 31.4. The molecule has 1 N–H and O–H groups in total. The topological polar surface area (TPSA) is 41.6 Å². The number of ether oxygens (including phenoxy) is 1. The maximum absolute atomic E-state index is 12.7. The van der Waals surface area contributed by atoms with Crippen LogP contribution in [0.15, 0.2) is 12.1 Å². The Balaban J connectivity index is 1.59. The number of hydrogen-bond donors (Lipinski definition) is 1. The van der Waals surface area contributed by atoms with Gasteiger partial charge < -0.3 is 9.64 Å². The Hall–Kier alpha value is -0.910. The van der Waals surface area contributed by atoms with Gasteiger partial charge in [-0.2, -0.15) is 0 Å². The van der Waals surface area contributed by atoms with Crippen LogP contribution in [-0.4, -0.2) is 35.6 Å². The van der Waals surface area contributed by atoms with Crippen molar-refractivity contribution >= 4 is 17.2 Å². The number of carbonyl (C=O) groups excluding carboxylic acids is 1. The molecule has 108 valence electrons. The van der Waals surface area contributed by atoms with Crippen LogP contribution in [-0.2, 0) is 9.53 Å². The average molecular weight is 292 g/mol. The van der Waals surface area contributed by atoms with Crippen LogP contribution in [0, 0.1) is 6.92 Å². The van der Waals surface area contributed by atoms with Gasteiger partial charge in [0, 0.05) is 22.9 Å². The zero-order chi connectivity index (χ0) is 13.7. The molecule has 2 unspecified atom stereocenters. The van der Waals surface area contributed by atoms with Crippen molar-refractivity contribution in [3.63, 3.8) is 0 Å². The SMILES string of the molecule is Cc1ccc(C2NC3(CC3)C(=O)N2CC2CCCO2)s1. The zero-order valence-corrected chi connectivity index (χ0v) is 12.5. The minimum atomic E-state index is -0.249. The Morgan fingerprint density at radius 2 is 2.35 bits per heavy atom. The predicted octanol–water partition coefficient (Wildman–Crippen LogP) is 2.20. The molecular weight excluding hydrogens is 272 g/mol. The number of nitrogens with zero attached hydrogens (tertiary/aromatic N) is 1. The molecule has 3 heterocycles. The van der Waals surface area contributed by atoms with Crippen molar-refractivity contribution in [3.8, 4) is 0 Å². The van der Waals surface area contributed by atoms with E-state index in [-0.39, 0.29) is 23.7 Å². The molecule has 0 radical (unpaired) electrons. The third-order valence-electron chi connectivity index (χ3n) is 4.60. The Labute approximate surface area is 123 Å². The van der Waals surface area contributed by atoms with Crippen LogP contribution >= 0.6 is 11.3 Å². The van der Waals surface area contributed by atoms with E-state index in [4.69, 9.17) is 4.74 Å². The van der Waals surface area contributed by atoms with Gasteiger partial charge in [-0.1, -0.05) is 0 Å². The number of aryl methyl sites for hydroxylation is 1. The summed E-state index contributed by atoms with van der Waals surface area (Å²) < 4.78 is 5.72. The smallest absolute Gasteiger partial charge is 0.244 e. The van der Waals surface area contributed by atoms with E-state index in [1.165, 1.54) is 9.75 Å². The zero-order valence-electron chi connectivity index (χ0n) is 11.7. The highest BCUT2D eigenvalue weighted by atomic mass is 32.1. The molecule has 2 aliphatic heterocycles. The van der Waals surface area contributed by atoms with Gasteiger partial charge >= 0.3 is 0 Å². The van der Waals surface area contributed by atoms with E-state index < -0.39 is 0 Å². The minimum Gasteiger partial charge on any atom is -0.376 e. The maximum atomic E-state index is 12.7. The van der Waals surface area contributed by atoms with Crippen molar-refractivity contribution in [3.05, 3.63) is 21.9 Å². The lowest BCUT2D eigenvalue weighted by molar-refractivity contribution is -0.132. The third kappa shape index (κ3) is 2.00. The summed E-state index contributed by atoms with van der Waals surface area (Å²) >= 11 is 1.78. The lowest BCUT2D eigenvalue weighted by Gasteiger charge is -2.26. The summed E-state index contributed by atoms with van der Waals surface area (Å²) in [6, 6.07) is 4.28. The average Bonchev–Trinajstić information content (AvgIpc) is 2.79. The first-order valence-corrected chi connectivity index (χ1v) is 8.26. The largest absolute Gasteiger partial charge is 0.376 e. The summed E-state index contributed by atoms with van der Waals surface area (Å²) in [7, 11) is 0. The second-order valence-corrected chi connectivity index (χ2v) is 7.49. The molecule has 1 aromatic heterocycles. The molecule has 1 aliphatic carbocycles. The van der Waals surface area contributed by atoms with Crippen molar-refractivity contribution < 1.29 is 9.53 Å². The molecule has 20 heavy (non-hydrogen) atoms. The number of amides is 1. The molecule has 1 saturated carbocycles. The standard InChI is InChI=1S/C15H20N2O2S/c1-10-4-5-12(20-10)13-16-15(6-7-15)14(18)17(13)9-11-3-2-8-19-11/h4-5,11,13,16H,2-3,6-9H2,1H3. The molecular formula is C15H20N2O2S. The molecule has 4 rings (SSSR count). The van der Waals surface area contributed by atoms with Gasteiger partial charge in [0.25, 0.3) is 0 Å². The van der Waals surface area contributed by atoms with E-state index in [1.54, 1.807) is 11.3 Å². The number of nitrogens with one attached hydrogen (secondary N) is 1. The Bertz CT molecular complexity index is 532. The van der Waals surface area contributed by atoms with E-state index in [0.29, 0.717) is 0 Å². The van der Waals surface area contributed by atoms with E-state index in [0.717, 1.165) is 38.8 Å². The monoisotopic (exact) mass is 292 g/mol. The van der Waals surface area contributed by atoms with Gasteiger partial charge in [-0.3, -0.25) is 10.1 Å². The molecule has 5 heteroatoms. The summed E-state index contributed by atoms with van der Waals surface area (Å²) in [5.74, 6) is 0.282. The van der Waals surface area contributed by atoms with Crippen LogP contribution in [0.25, 0.3) is 0 Å². The maximum Gasteiger partial charge on any atom is 0.244 e. The minimum absolute atomic E-state index is 0.0490. The molecule has 1 aromatic rings. The van der Waals surface area contributed by atoms with Gasteiger partial charge in [-0.25, -0.2) is 0 Å². The number of rotatable bonds is 3. The summed E-state index contributed by atoms with van der Waals surface area (Å²) in [6.07, 6.45) is 4.43. The Morgan fingerprint density at radius 1 is 1.50 bits per heavy atom. The van der Waals surface area contributed by atoms with E-state index >= 15 is 0 Å². The summed E-state index contributed by atoms with van der Waals surface area (Å²) in [5.41, 5.74) is -0.249. The van der Waals surface area contributed by atoms with E-state index in [2.05, 4.69) is 24.4 Å². The fraction of sp³-hybridized carbons (Fsp3) is 0.667. The molecule has 0 aromatic carbocycles. The Morgan fingerprint density at radius 3 is 2.95 bits per heavy atom. The molecule has 4 nitrogen and oxygen atoms in total. The van der Waals surface area contributed by atoms with Gasteiger partial charge in [-0.15, -0.1) is 11.3 Å². The summed E-state index contributed by atoms with van der Waals surface area (Å²) in [5, 5.41) is 3.58. The quantitative estimate of drug-likeness (QED) is 0.928. The van der Waals surface area contributed by atoms with Gasteiger partial charge in [0.2, 0.25) is 5.91 Å². The van der Waals surface area contributed by atoms with Crippen LogP contribution in [0.5, 0.6) is 0 Å². The predicted molar refractivity (Wildman–Crippen MR) is 77.6 cm³/mol. The summed E-state index contributed by atoms with van der Waals surface area (Å²) in [6.45, 7) is 3.69. The second-order valence-electron chi connectivity index (χ2n) is 6.17. The number of thiophene rings is 1. The van der Waals surface area contributed by atoms with Gasteiger partial charge in [-0.05, 0) is 44.7 Å². The van der Waals surface area contributed by atoms with Crippen molar-refractivity contribution in [2.75, 3.05) is 13.2 Å². The van der Waals surface area contributed by atoms with Crippen molar-refractivity contribution in [1.29, 1.82) is 0 Å². The molecule has 3 aliphatic rings. The first-order chi connectivity index (χ1) is 9.68. The van der Waals surface area contributed by atoms with Crippen molar-refractivity contribution in [1.82, 2.24) is 10.2 Å². The van der Waals surface area contributed by atoms with Gasteiger partial charge in [0.05, 0.1) is 6.10 Å². The highest BCUT2D eigenvalue weighted by molar-refractivity contribution is 7.12. The highest BCUT2D eigenvalue weighted by Gasteiger charge is 2.59. The lowest BCUT2D eigenvalue weighted by Crippen LogP contribution is -2.37. The van der Waals surface area contributed by atoms with Crippen LogP contribution in [0.3, 0.4) is 0 Å². The first-order valence-electron chi connectivity index (χ1n) is 7.45. The fourth-order valence-corrected chi connectivity index (χ4v) is 4.24. The summed E-state index contributed by atoms with van der Waals surface area (Å²) in [4.78, 5) is 17.2. The molecule has 2 atom stereocenters. The van der Waals surface area contributed by atoms with E-state index in [9.17, 15) is 4.79 Å². The van der Waals surface area contributed by atoms with Crippen LogP contribution in [0.4, 0.5) is 0 Å². The third-order valence-corrected chi connectivity index (χ3v) is 5.65. The second kappa shape index (κ2) is 4.55. The molecule has 1 spiro atoms. The molecule has 1 amide bonds. The molecule has 0 bridgehead atoms. The van der Waals surface area contributed by atoms with Crippen molar-refractivity contribution in [2.24, 2.45) is 0 Å². The van der Waals surface area contributed by atoms with Crippen LogP contribution < -0.4 is 5.32 Å². The number of carbonyl (C=O) groups is 1. The van der Waals surface area contributed by atoms with Crippen LogP contribution in [0.1, 0.15) is 41.6 Å². The van der Waals surface area contributed by atoms with Gasteiger partial charge in [0.1, 0.15) is 11.7 Å².